The van der Waals surface area contributed by atoms with Gasteiger partial charge in [-0.05, 0) is 54.2 Å². The van der Waals surface area contributed by atoms with E-state index in [0.717, 1.165) is 37.2 Å². The Hall–Kier alpha value is -2.95. The second-order valence-corrected chi connectivity index (χ2v) is 10.8. The normalized spacial score (nSPS) is 18.4. The minimum Gasteiger partial charge on any atom is -0.433 e. The molecular formula is C27H36F2N4O2. The number of ether oxygens (including phenoxy) is 1. The van der Waals surface area contributed by atoms with Crippen LogP contribution in [0.4, 0.5) is 8.78 Å². The lowest BCUT2D eigenvalue weighted by atomic mass is 9.83. The van der Waals surface area contributed by atoms with E-state index in [1.165, 1.54) is 4.57 Å². The van der Waals surface area contributed by atoms with Crippen LogP contribution in [0.15, 0.2) is 18.2 Å². The maximum atomic E-state index is 13.3. The van der Waals surface area contributed by atoms with Gasteiger partial charge in [0.25, 0.3) is 5.91 Å². The lowest BCUT2D eigenvalue weighted by molar-refractivity contribution is -0.0499. The van der Waals surface area contributed by atoms with Crippen LogP contribution in [0, 0.1) is 28.6 Å². The van der Waals surface area contributed by atoms with Crippen molar-refractivity contribution in [2.45, 2.75) is 79.8 Å². The number of benzene rings is 1. The predicted octanol–water partition coefficient (Wildman–Crippen LogP) is 6.05. The fourth-order valence-electron chi connectivity index (χ4n) is 4.73. The standard InChI is InChI=1S/C27H36F2N4O2/c1-6-23-32-24(25(34)31-16-18-9-7-17(2)8-10-18)21(15-30)33(23)20-12-11-19(14-27(3,4)5)13-22(20)35-26(28)29/h11-13,17-18,26H,6-10,14,16H2,1-5H3,(H,31,34). The first-order valence-electron chi connectivity index (χ1n) is 12.4. The fourth-order valence-corrected chi connectivity index (χ4v) is 4.73. The van der Waals surface area contributed by atoms with E-state index in [1.54, 1.807) is 12.1 Å². The van der Waals surface area contributed by atoms with Gasteiger partial charge in [-0.15, -0.1) is 0 Å². The Morgan fingerprint density at radius 3 is 2.54 bits per heavy atom. The van der Waals surface area contributed by atoms with E-state index in [-0.39, 0.29) is 28.2 Å². The largest absolute Gasteiger partial charge is 0.433 e. The van der Waals surface area contributed by atoms with Gasteiger partial charge in [-0.2, -0.15) is 14.0 Å². The van der Waals surface area contributed by atoms with Crippen molar-refractivity contribution in [3.8, 4) is 17.5 Å². The van der Waals surface area contributed by atoms with Crippen molar-refractivity contribution < 1.29 is 18.3 Å². The number of aromatic nitrogens is 2. The zero-order valence-corrected chi connectivity index (χ0v) is 21.3. The smallest absolute Gasteiger partial charge is 0.387 e. The number of nitrogens with one attached hydrogen (secondary N) is 1. The summed E-state index contributed by atoms with van der Waals surface area (Å²) in [6, 6.07) is 7.15. The highest BCUT2D eigenvalue weighted by atomic mass is 19.3. The number of imidazole rings is 1. The summed E-state index contributed by atoms with van der Waals surface area (Å²) in [5, 5.41) is 12.9. The number of carbonyl (C=O) groups is 1. The summed E-state index contributed by atoms with van der Waals surface area (Å²) in [5.41, 5.74) is 1.08. The molecule has 0 radical (unpaired) electrons. The maximum Gasteiger partial charge on any atom is 0.387 e. The number of aryl methyl sites for hydroxylation is 1. The molecule has 6 nitrogen and oxygen atoms in total. The van der Waals surface area contributed by atoms with Gasteiger partial charge in [0, 0.05) is 13.0 Å². The summed E-state index contributed by atoms with van der Waals surface area (Å²) < 4.78 is 33.0. The van der Waals surface area contributed by atoms with Gasteiger partial charge in [0.15, 0.2) is 11.4 Å². The van der Waals surface area contributed by atoms with Crippen molar-refractivity contribution in [1.29, 1.82) is 5.26 Å². The SMILES string of the molecule is CCc1nc(C(=O)NCC2CCC(C)CC2)c(C#N)n1-c1ccc(CC(C)(C)C)cc1OC(F)F. The average Bonchev–Trinajstić information content (AvgIpc) is 3.16. The third kappa shape index (κ3) is 6.81. The molecule has 0 unspecified atom stereocenters. The van der Waals surface area contributed by atoms with Gasteiger partial charge in [-0.3, -0.25) is 9.36 Å². The monoisotopic (exact) mass is 486 g/mol. The molecule has 3 rings (SSSR count). The van der Waals surface area contributed by atoms with E-state index >= 15 is 0 Å². The highest BCUT2D eigenvalue weighted by molar-refractivity contribution is 5.94. The summed E-state index contributed by atoms with van der Waals surface area (Å²) in [7, 11) is 0. The molecular weight excluding hydrogens is 450 g/mol. The third-order valence-electron chi connectivity index (χ3n) is 6.49. The van der Waals surface area contributed by atoms with Gasteiger partial charge in [0.1, 0.15) is 17.6 Å². The quantitative estimate of drug-likeness (QED) is 0.492. The van der Waals surface area contributed by atoms with E-state index in [0.29, 0.717) is 31.1 Å². The highest BCUT2D eigenvalue weighted by Gasteiger charge is 2.27. The number of nitrogens with zero attached hydrogens (tertiary/aromatic N) is 3. The number of alkyl halides is 2. The van der Waals surface area contributed by atoms with Crippen molar-refractivity contribution in [2.24, 2.45) is 17.3 Å². The molecule has 0 spiro atoms. The molecule has 1 amide bonds. The van der Waals surface area contributed by atoms with Crippen LogP contribution in [0.25, 0.3) is 5.69 Å². The van der Waals surface area contributed by atoms with E-state index < -0.39 is 12.5 Å². The predicted molar refractivity (Wildman–Crippen MR) is 131 cm³/mol. The van der Waals surface area contributed by atoms with E-state index in [9.17, 15) is 18.8 Å². The van der Waals surface area contributed by atoms with Crippen molar-refractivity contribution in [3.05, 3.63) is 41.0 Å². The summed E-state index contributed by atoms with van der Waals surface area (Å²) in [6.07, 6.45) is 5.50. The maximum absolute atomic E-state index is 13.3. The molecule has 1 aliphatic rings. The van der Waals surface area contributed by atoms with Gasteiger partial charge in [0.2, 0.25) is 0 Å². The third-order valence-corrected chi connectivity index (χ3v) is 6.49. The molecule has 2 aromatic rings. The Morgan fingerprint density at radius 1 is 1.29 bits per heavy atom. The molecule has 1 heterocycles. The topological polar surface area (TPSA) is 79.9 Å². The van der Waals surface area contributed by atoms with Crippen molar-refractivity contribution in [3.63, 3.8) is 0 Å². The number of nitriles is 1. The molecule has 1 fully saturated rings. The first-order valence-corrected chi connectivity index (χ1v) is 12.4. The number of halogens is 2. The first-order chi connectivity index (χ1) is 16.5. The molecule has 0 bridgehead atoms. The van der Waals surface area contributed by atoms with Gasteiger partial charge in [-0.25, -0.2) is 4.98 Å². The Kier molecular flexibility index (Phi) is 8.52. The van der Waals surface area contributed by atoms with Crippen molar-refractivity contribution in [2.75, 3.05) is 6.54 Å². The van der Waals surface area contributed by atoms with Crippen LogP contribution in [0.5, 0.6) is 5.75 Å². The molecule has 0 atom stereocenters. The van der Waals surface area contributed by atoms with Crippen LogP contribution in [-0.4, -0.2) is 28.6 Å². The van der Waals surface area contributed by atoms with E-state index in [4.69, 9.17) is 4.74 Å². The summed E-state index contributed by atoms with van der Waals surface area (Å²) in [5.74, 6) is 1.09. The highest BCUT2D eigenvalue weighted by Crippen LogP contribution is 2.32. The van der Waals surface area contributed by atoms with Gasteiger partial charge in [0.05, 0.1) is 5.69 Å². The van der Waals surface area contributed by atoms with Gasteiger partial charge in [-0.1, -0.05) is 53.5 Å². The zero-order valence-electron chi connectivity index (χ0n) is 21.3. The number of carbonyl (C=O) groups excluding carboxylic acids is 1. The number of rotatable bonds is 8. The van der Waals surface area contributed by atoms with Crippen LogP contribution in [0.3, 0.4) is 0 Å². The Labute approximate surface area is 206 Å². The molecule has 1 N–H and O–H groups in total. The summed E-state index contributed by atoms with van der Waals surface area (Å²) in [4.78, 5) is 17.5. The number of hydrogen-bond acceptors (Lipinski definition) is 4. The molecule has 1 aliphatic carbocycles. The van der Waals surface area contributed by atoms with Crippen LogP contribution in [0.1, 0.15) is 87.9 Å². The number of hydrogen-bond donors (Lipinski definition) is 1. The van der Waals surface area contributed by atoms with Crippen LogP contribution >= 0.6 is 0 Å². The zero-order chi connectivity index (χ0) is 25.8. The lowest BCUT2D eigenvalue weighted by Crippen LogP contribution is -2.31. The van der Waals surface area contributed by atoms with E-state index in [2.05, 4.69) is 44.1 Å². The fraction of sp³-hybridized carbons (Fsp3) is 0.593. The minimum absolute atomic E-state index is 0.00953. The van der Waals surface area contributed by atoms with Crippen LogP contribution < -0.4 is 10.1 Å². The van der Waals surface area contributed by atoms with Crippen LogP contribution in [0.2, 0.25) is 0 Å². The second-order valence-electron chi connectivity index (χ2n) is 10.8. The molecule has 1 aromatic heterocycles. The van der Waals surface area contributed by atoms with Crippen LogP contribution in [-0.2, 0) is 12.8 Å². The molecule has 35 heavy (non-hydrogen) atoms. The minimum atomic E-state index is -3.03. The summed E-state index contributed by atoms with van der Waals surface area (Å²) >= 11 is 0. The second kappa shape index (κ2) is 11.2. The molecule has 190 valence electrons. The van der Waals surface area contributed by atoms with Crippen molar-refractivity contribution in [1.82, 2.24) is 14.9 Å². The molecule has 0 aliphatic heterocycles. The Bertz CT molecular complexity index is 1070. The van der Waals surface area contributed by atoms with Gasteiger partial charge < -0.3 is 10.1 Å². The molecule has 1 aromatic carbocycles. The molecule has 0 saturated heterocycles. The Balaban J connectivity index is 1.96. The van der Waals surface area contributed by atoms with E-state index in [1.807, 2.05) is 13.0 Å². The van der Waals surface area contributed by atoms with Gasteiger partial charge >= 0.3 is 6.61 Å². The van der Waals surface area contributed by atoms with Crippen molar-refractivity contribution >= 4 is 5.91 Å². The Morgan fingerprint density at radius 2 is 1.97 bits per heavy atom. The molecule has 8 heteroatoms. The summed E-state index contributed by atoms with van der Waals surface area (Å²) in [6.45, 7) is 7.77. The number of amides is 1. The first kappa shape index (κ1) is 26.7. The lowest BCUT2D eigenvalue weighted by Gasteiger charge is -2.26. The molecule has 1 saturated carbocycles. The average molecular weight is 487 g/mol.